The number of hydrogen-bond acceptors (Lipinski definition) is 5. The molecule has 1 aromatic heterocycles. The summed E-state index contributed by atoms with van der Waals surface area (Å²) >= 11 is 6.00. The van der Waals surface area contributed by atoms with Gasteiger partial charge in [-0.1, -0.05) is 29.8 Å². The van der Waals surface area contributed by atoms with Gasteiger partial charge in [-0.15, -0.1) is 0 Å². The first kappa shape index (κ1) is 22.4. The SMILES string of the molecule is COCCNC(=O)c1nn(-c2ccc(C)c(F)c2)c(=O)n(Cc2cccc(Cl)c2)c1=O. The van der Waals surface area contributed by atoms with E-state index in [1.165, 1.54) is 19.2 Å². The highest BCUT2D eigenvalue weighted by molar-refractivity contribution is 6.30. The summed E-state index contributed by atoms with van der Waals surface area (Å²) in [6.07, 6.45) is 0. The Hall–Kier alpha value is -3.30. The summed E-state index contributed by atoms with van der Waals surface area (Å²) in [4.78, 5) is 38.6. The molecule has 0 radical (unpaired) electrons. The zero-order valence-corrected chi connectivity index (χ0v) is 17.6. The molecule has 0 aliphatic heterocycles. The average Bonchev–Trinajstić information content (AvgIpc) is 2.73. The third-order valence-corrected chi connectivity index (χ3v) is 4.73. The summed E-state index contributed by atoms with van der Waals surface area (Å²) < 4.78 is 20.7. The monoisotopic (exact) mass is 446 g/mol. The average molecular weight is 447 g/mol. The van der Waals surface area contributed by atoms with Crippen molar-refractivity contribution in [1.29, 1.82) is 0 Å². The first-order chi connectivity index (χ1) is 14.8. The number of halogens is 2. The Morgan fingerprint density at radius 1 is 1.23 bits per heavy atom. The second kappa shape index (κ2) is 9.67. The van der Waals surface area contributed by atoms with Crippen LogP contribution in [0.15, 0.2) is 52.1 Å². The van der Waals surface area contributed by atoms with E-state index in [0.717, 1.165) is 15.3 Å². The van der Waals surface area contributed by atoms with Gasteiger partial charge in [-0.05, 0) is 36.2 Å². The Morgan fingerprint density at radius 2 is 2.00 bits per heavy atom. The number of hydrogen-bond donors (Lipinski definition) is 1. The van der Waals surface area contributed by atoms with Crippen LogP contribution in [-0.4, -0.2) is 40.5 Å². The van der Waals surface area contributed by atoms with Crippen molar-refractivity contribution in [3.8, 4) is 5.69 Å². The maximum Gasteiger partial charge on any atom is 0.352 e. The fourth-order valence-electron chi connectivity index (χ4n) is 2.85. The molecule has 0 aliphatic carbocycles. The second-order valence-corrected chi connectivity index (χ2v) is 7.18. The van der Waals surface area contributed by atoms with Crippen molar-refractivity contribution < 1.29 is 13.9 Å². The highest BCUT2D eigenvalue weighted by Crippen LogP contribution is 2.12. The Kier molecular flexibility index (Phi) is 6.98. The molecule has 162 valence electrons. The number of benzene rings is 2. The van der Waals surface area contributed by atoms with Crippen LogP contribution in [0.5, 0.6) is 0 Å². The van der Waals surface area contributed by atoms with Crippen molar-refractivity contribution in [2.24, 2.45) is 0 Å². The van der Waals surface area contributed by atoms with E-state index in [9.17, 15) is 18.8 Å². The van der Waals surface area contributed by atoms with Gasteiger partial charge in [0.1, 0.15) is 5.82 Å². The summed E-state index contributed by atoms with van der Waals surface area (Å²) in [7, 11) is 1.47. The normalized spacial score (nSPS) is 10.8. The molecule has 0 aliphatic rings. The molecule has 0 spiro atoms. The Labute approximate surface area is 181 Å². The summed E-state index contributed by atoms with van der Waals surface area (Å²) in [5.74, 6) is -1.33. The van der Waals surface area contributed by atoms with Gasteiger partial charge >= 0.3 is 5.69 Å². The van der Waals surface area contributed by atoms with Gasteiger partial charge in [-0.2, -0.15) is 9.78 Å². The van der Waals surface area contributed by atoms with E-state index in [-0.39, 0.29) is 25.4 Å². The van der Waals surface area contributed by atoms with E-state index < -0.39 is 28.7 Å². The Morgan fingerprint density at radius 3 is 2.68 bits per heavy atom. The molecule has 0 unspecified atom stereocenters. The van der Waals surface area contributed by atoms with Crippen molar-refractivity contribution in [1.82, 2.24) is 19.7 Å². The fraction of sp³-hybridized carbons (Fsp3) is 0.238. The minimum atomic E-state index is -0.872. The lowest BCUT2D eigenvalue weighted by Gasteiger charge is -2.13. The van der Waals surface area contributed by atoms with Gasteiger partial charge in [0.2, 0.25) is 5.69 Å². The van der Waals surface area contributed by atoms with E-state index in [4.69, 9.17) is 16.3 Å². The van der Waals surface area contributed by atoms with Crippen LogP contribution < -0.4 is 16.6 Å². The summed E-state index contributed by atoms with van der Waals surface area (Å²) in [6, 6.07) is 10.7. The van der Waals surface area contributed by atoms with E-state index in [0.29, 0.717) is 16.1 Å². The van der Waals surface area contributed by atoms with Crippen LogP contribution in [0, 0.1) is 12.7 Å². The third kappa shape index (κ3) is 5.07. The van der Waals surface area contributed by atoms with Crippen molar-refractivity contribution in [3.63, 3.8) is 0 Å². The molecule has 0 saturated heterocycles. The first-order valence-electron chi connectivity index (χ1n) is 9.34. The van der Waals surface area contributed by atoms with E-state index in [1.54, 1.807) is 31.2 Å². The molecule has 3 aromatic rings. The lowest BCUT2D eigenvalue weighted by molar-refractivity contribution is 0.0927. The number of amides is 1. The predicted octanol–water partition coefficient (Wildman–Crippen LogP) is 1.92. The molecular formula is C21H20ClFN4O4. The van der Waals surface area contributed by atoms with Crippen LogP contribution in [0.2, 0.25) is 5.02 Å². The van der Waals surface area contributed by atoms with Crippen LogP contribution in [-0.2, 0) is 11.3 Å². The number of carbonyl (C=O) groups is 1. The molecule has 10 heteroatoms. The molecule has 0 bridgehead atoms. The summed E-state index contributed by atoms with van der Waals surface area (Å²) in [5, 5.41) is 6.87. The lowest BCUT2D eigenvalue weighted by Crippen LogP contribution is -2.46. The Balaban J connectivity index is 2.17. The summed E-state index contributed by atoms with van der Waals surface area (Å²) in [6.45, 7) is 1.80. The molecule has 1 N–H and O–H groups in total. The maximum absolute atomic E-state index is 14.1. The number of nitrogens with one attached hydrogen (secondary N) is 1. The van der Waals surface area contributed by atoms with Gasteiger partial charge in [0.15, 0.2) is 0 Å². The quantitative estimate of drug-likeness (QED) is 0.559. The van der Waals surface area contributed by atoms with Crippen molar-refractivity contribution >= 4 is 17.5 Å². The highest BCUT2D eigenvalue weighted by atomic mass is 35.5. The number of ether oxygens (including phenoxy) is 1. The largest absolute Gasteiger partial charge is 0.383 e. The minimum Gasteiger partial charge on any atom is -0.383 e. The molecule has 2 aromatic carbocycles. The minimum absolute atomic E-state index is 0.0823. The first-order valence-corrected chi connectivity index (χ1v) is 9.72. The van der Waals surface area contributed by atoms with Gasteiger partial charge < -0.3 is 10.1 Å². The molecule has 1 amide bonds. The number of aryl methyl sites for hydroxylation is 1. The van der Waals surface area contributed by atoms with Gasteiger partial charge in [-0.3, -0.25) is 14.2 Å². The van der Waals surface area contributed by atoms with Crippen LogP contribution in [0.1, 0.15) is 21.6 Å². The molecule has 0 fully saturated rings. The maximum atomic E-state index is 14.1. The number of aromatic nitrogens is 3. The van der Waals surface area contributed by atoms with E-state index in [2.05, 4.69) is 10.4 Å². The number of carbonyl (C=O) groups excluding carboxylic acids is 1. The predicted molar refractivity (Wildman–Crippen MR) is 114 cm³/mol. The zero-order valence-electron chi connectivity index (χ0n) is 16.9. The van der Waals surface area contributed by atoms with Gasteiger partial charge in [-0.25, -0.2) is 9.18 Å². The number of methoxy groups -OCH3 is 1. The van der Waals surface area contributed by atoms with Crippen LogP contribution in [0.4, 0.5) is 4.39 Å². The number of nitrogens with zero attached hydrogens (tertiary/aromatic N) is 3. The van der Waals surface area contributed by atoms with E-state index in [1.807, 2.05) is 0 Å². The van der Waals surface area contributed by atoms with Crippen molar-refractivity contribution in [3.05, 3.63) is 91.0 Å². The lowest BCUT2D eigenvalue weighted by atomic mass is 10.2. The number of rotatable bonds is 7. The second-order valence-electron chi connectivity index (χ2n) is 6.75. The van der Waals surface area contributed by atoms with Gasteiger partial charge in [0.05, 0.1) is 18.8 Å². The highest BCUT2D eigenvalue weighted by Gasteiger charge is 2.20. The Bertz CT molecular complexity index is 1240. The van der Waals surface area contributed by atoms with Crippen molar-refractivity contribution in [2.75, 3.05) is 20.3 Å². The van der Waals surface area contributed by atoms with Gasteiger partial charge in [0.25, 0.3) is 11.5 Å². The fourth-order valence-corrected chi connectivity index (χ4v) is 3.06. The van der Waals surface area contributed by atoms with E-state index >= 15 is 0 Å². The molecule has 8 nitrogen and oxygen atoms in total. The molecular weight excluding hydrogens is 427 g/mol. The molecule has 0 saturated carbocycles. The standard InChI is InChI=1S/C21H20ClFN4O4/c1-13-6-7-16(11-17(13)23)27-21(30)26(12-14-4-3-5-15(22)10-14)20(29)18(25-27)19(28)24-8-9-31-2/h3-7,10-11H,8-9,12H2,1-2H3,(H,24,28). The molecule has 3 rings (SSSR count). The van der Waals surface area contributed by atoms with Crippen LogP contribution in [0.3, 0.4) is 0 Å². The van der Waals surface area contributed by atoms with Crippen LogP contribution >= 0.6 is 11.6 Å². The molecule has 0 atom stereocenters. The summed E-state index contributed by atoms with van der Waals surface area (Å²) in [5.41, 5.74) is -1.16. The molecule has 31 heavy (non-hydrogen) atoms. The zero-order chi connectivity index (χ0) is 22.5. The van der Waals surface area contributed by atoms with Gasteiger partial charge in [0, 0.05) is 24.7 Å². The van der Waals surface area contributed by atoms with Crippen molar-refractivity contribution in [2.45, 2.75) is 13.5 Å². The molecule has 1 heterocycles. The van der Waals surface area contributed by atoms with Crippen LogP contribution in [0.25, 0.3) is 5.69 Å². The smallest absolute Gasteiger partial charge is 0.352 e. The topological polar surface area (TPSA) is 95.2 Å². The third-order valence-electron chi connectivity index (χ3n) is 4.50.